The van der Waals surface area contributed by atoms with Crippen LogP contribution in [0.4, 0.5) is 0 Å². The molecule has 0 saturated heterocycles. The number of rotatable bonds is 3. The first-order chi connectivity index (χ1) is 9.65. The first-order valence-corrected chi connectivity index (χ1v) is 7.22. The van der Waals surface area contributed by atoms with Crippen molar-refractivity contribution in [3.63, 3.8) is 0 Å². The van der Waals surface area contributed by atoms with Crippen LogP contribution < -0.4 is 0 Å². The number of hydrogen-bond donors (Lipinski definition) is 0. The van der Waals surface area contributed by atoms with E-state index in [0.717, 1.165) is 15.0 Å². The minimum Gasteiger partial charge on any atom is -0.289 e. The van der Waals surface area contributed by atoms with Gasteiger partial charge in [0.05, 0.1) is 16.8 Å². The summed E-state index contributed by atoms with van der Waals surface area (Å²) in [5.74, 6) is -0.0772. The maximum absolute atomic E-state index is 12.0. The Bertz CT molecular complexity index is 816. The van der Waals surface area contributed by atoms with Crippen LogP contribution in [0.1, 0.15) is 15.2 Å². The van der Waals surface area contributed by atoms with Crippen LogP contribution in [0.25, 0.3) is 16.2 Å². The Morgan fingerprint density at radius 3 is 2.90 bits per heavy atom. The standard InChI is InChI=1S/C15H11ClN2OS/c1-18-9-10(8-17-18)12(19)6-7-14-15(16)11-4-2-3-5-13(11)20-14/h2-9H,1H3/b7-6+. The highest BCUT2D eigenvalue weighted by molar-refractivity contribution is 7.20. The Labute approximate surface area is 125 Å². The van der Waals surface area contributed by atoms with Crippen molar-refractivity contribution in [1.29, 1.82) is 0 Å². The lowest BCUT2D eigenvalue weighted by molar-refractivity contribution is 0.104. The van der Waals surface area contributed by atoms with Crippen molar-refractivity contribution in [1.82, 2.24) is 9.78 Å². The Hall–Kier alpha value is -1.91. The van der Waals surface area contributed by atoms with Gasteiger partial charge >= 0.3 is 0 Å². The molecule has 0 spiro atoms. The number of allylic oxidation sites excluding steroid dienone is 1. The van der Waals surface area contributed by atoms with E-state index in [-0.39, 0.29) is 5.78 Å². The maximum Gasteiger partial charge on any atom is 0.189 e. The van der Waals surface area contributed by atoms with Crippen molar-refractivity contribution in [2.24, 2.45) is 7.05 Å². The van der Waals surface area contributed by atoms with Gasteiger partial charge in [0.25, 0.3) is 0 Å². The van der Waals surface area contributed by atoms with Crippen molar-refractivity contribution >= 4 is 44.9 Å². The summed E-state index contributed by atoms with van der Waals surface area (Å²) < 4.78 is 2.72. The van der Waals surface area contributed by atoms with E-state index in [1.807, 2.05) is 24.3 Å². The fourth-order valence-corrected chi connectivity index (χ4v) is 3.33. The number of halogens is 1. The van der Waals surface area contributed by atoms with Gasteiger partial charge in [-0.15, -0.1) is 11.3 Å². The van der Waals surface area contributed by atoms with E-state index in [1.165, 1.54) is 6.08 Å². The van der Waals surface area contributed by atoms with Gasteiger partial charge in [-0.05, 0) is 18.2 Å². The summed E-state index contributed by atoms with van der Waals surface area (Å²) in [6.45, 7) is 0. The van der Waals surface area contributed by atoms with Gasteiger partial charge in [0, 0.05) is 28.2 Å². The van der Waals surface area contributed by atoms with E-state index < -0.39 is 0 Å². The predicted molar refractivity (Wildman–Crippen MR) is 83.4 cm³/mol. The molecule has 100 valence electrons. The topological polar surface area (TPSA) is 34.9 Å². The molecule has 0 atom stereocenters. The van der Waals surface area contributed by atoms with Crippen LogP contribution in [-0.4, -0.2) is 15.6 Å². The smallest absolute Gasteiger partial charge is 0.189 e. The summed E-state index contributed by atoms with van der Waals surface area (Å²) in [6, 6.07) is 7.93. The third kappa shape index (κ3) is 2.40. The van der Waals surface area contributed by atoms with Crippen molar-refractivity contribution in [2.75, 3.05) is 0 Å². The molecule has 1 aromatic carbocycles. The number of thiophene rings is 1. The van der Waals surface area contributed by atoms with Gasteiger partial charge in [0.2, 0.25) is 0 Å². The summed E-state index contributed by atoms with van der Waals surface area (Å²) in [6.07, 6.45) is 6.55. The zero-order chi connectivity index (χ0) is 14.1. The van der Waals surface area contributed by atoms with Crippen LogP contribution in [0.5, 0.6) is 0 Å². The van der Waals surface area contributed by atoms with Gasteiger partial charge in [-0.2, -0.15) is 5.10 Å². The third-order valence-electron chi connectivity index (χ3n) is 2.94. The molecular weight excluding hydrogens is 292 g/mol. The Morgan fingerprint density at radius 1 is 1.40 bits per heavy atom. The number of carbonyl (C=O) groups is 1. The van der Waals surface area contributed by atoms with E-state index in [2.05, 4.69) is 5.10 Å². The fourth-order valence-electron chi connectivity index (χ4n) is 1.94. The molecule has 3 aromatic rings. The summed E-state index contributed by atoms with van der Waals surface area (Å²) >= 11 is 7.90. The Balaban J connectivity index is 1.91. The molecule has 2 aromatic heterocycles. The molecule has 3 nitrogen and oxygen atoms in total. The lowest BCUT2D eigenvalue weighted by atomic mass is 10.2. The fraction of sp³-hybridized carbons (Fsp3) is 0.0667. The zero-order valence-corrected chi connectivity index (χ0v) is 12.3. The molecule has 0 fully saturated rings. The van der Waals surface area contributed by atoms with Crippen LogP contribution in [0, 0.1) is 0 Å². The molecule has 0 aliphatic heterocycles. The van der Waals surface area contributed by atoms with Crippen LogP contribution in [0.15, 0.2) is 42.7 Å². The van der Waals surface area contributed by atoms with Gasteiger partial charge in [-0.3, -0.25) is 9.48 Å². The number of nitrogens with zero attached hydrogens (tertiary/aromatic N) is 2. The van der Waals surface area contributed by atoms with Gasteiger partial charge < -0.3 is 0 Å². The minimum absolute atomic E-state index is 0.0772. The molecule has 20 heavy (non-hydrogen) atoms. The van der Waals surface area contributed by atoms with E-state index >= 15 is 0 Å². The molecule has 0 aliphatic carbocycles. The summed E-state index contributed by atoms with van der Waals surface area (Å²) in [5.41, 5.74) is 0.570. The number of aryl methyl sites for hydroxylation is 1. The Kier molecular flexibility index (Phi) is 3.42. The predicted octanol–water partition coefficient (Wildman–Crippen LogP) is 4.18. The zero-order valence-electron chi connectivity index (χ0n) is 10.7. The first kappa shape index (κ1) is 13.1. The number of carbonyl (C=O) groups excluding carboxylic acids is 1. The SMILES string of the molecule is Cn1cc(C(=O)/C=C/c2sc3ccccc3c2Cl)cn1. The Morgan fingerprint density at radius 2 is 2.20 bits per heavy atom. The molecule has 5 heteroatoms. The molecule has 0 bridgehead atoms. The highest BCUT2D eigenvalue weighted by atomic mass is 35.5. The van der Waals surface area contributed by atoms with E-state index in [1.54, 1.807) is 41.5 Å². The second-order valence-electron chi connectivity index (χ2n) is 4.38. The molecule has 0 radical (unpaired) electrons. The normalized spacial score (nSPS) is 11.5. The molecule has 0 aliphatic rings. The van der Waals surface area contributed by atoms with Gasteiger partial charge in [0.1, 0.15) is 0 Å². The van der Waals surface area contributed by atoms with Crippen molar-refractivity contribution < 1.29 is 4.79 Å². The summed E-state index contributed by atoms with van der Waals surface area (Å²) in [4.78, 5) is 12.9. The molecular formula is C15H11ClN2OS. The van der Waals surface area contributed by atoms with Crippen LogP contribution in [0.2, 0.25) is 5.02 Å². The number of hydrogen-bond acceptors (Lipinski definition) is 3. The van der Waals surface area contributed by atoms with Crippen LogP contribution >= 0.6 is 22.9 Å². The second-order valence-corrected chi connectivity index (χ2v) is 5.84. The highest BCUT2D eigenvalue weighted by Crippen LogP contribution is 2.35. The minimum atomic E-state index is -0.0772. The largest absolute Gasteiger partial charge is 0.289 e. The number of benzene rings is 1. The van der Waals surface area contributed by atoms with Crippen LogP contribution in [0.3, 0.4) is 0 Å². The second kappa shape index (κ2) is 5.23. The van der Waals surface area contributed by atoms with Gasteiger partial charge in [-0.1, -0.05) is 29.8 Å². The lowest BCUT2D eigenvalue weighted by Crippen LogP contribution is -1.91. The van der Waals surface area contributed by atoms with Gasteiger partial charge in [0.15, 0.2) is 5.78 Å². The van der Waals surface area contributed by atoms with E-state index in [0.29, 0.717) is 10.6 Å². The molecule has 0 N–H and O–H groups in total. The number of ketones is 1. The quantitative estimate of drug-likeness (QED) is 0.537. The third-order valence-corrected chi connectivity index (χ3v) is 4.59. The van der Waals surface area contributed by atoms with Crippen molar-refractivity contribution in [2.45, 2.75) is 0 Å². The van der Waals surface area contributed by atoms with Crippen molar-refractivity contribution in [3.8, 4) is 0 Å². The molecule has 2 heterocycles. The molecule has 3 rings (SSSR count). The van der Waals surface area contributed by atoms with Crippen molar-refractivity contribution in [3.05, 3.63) is 58.2 Å². The monoisotopic (exact) mass is 302 g/mol. The summed E-state index contributed by atoms with van der Waals surface area (Å²) in [7, 11) is 1.78. The average Bonchev–Trinajstić information content (AvgIpc) is 3.01. The van der Waals surface area contributed by atoms with E-state index in [4.69, 9.17) is 11.6 Å². The van der Waals surface area contributed by atoms with Crippen LogP contribution in [-0.2, 0) is 7.05 Å². The molecule has 0 saturated carbocycles. The first-order valence-electron chi connectivity index (χ1n) is 6.03. The summed E-state index contributed by atoms with van der Waals surface area (Å²) in [5, 5.41) is 5.70. The van der Waals surface area contributed by atoms with E-state index in [9.17, 15) is 4.79 Å². The lowest BCUT2D eigenvalue weighted by Gasteiger charge is -1.90. The number of fused-ring (bicyclic) bond motifs is 1. The molecule has 0 unspecified atom stereocenters. The maximum atomic E-state index is 12.0. The highest BCUT2D eigenvalue weighted by Gasteiger charge is 2.08. The van der Waals surface area contributed by atoms with Gasteiger partial charge in [-0.25, -0.2) is 0 Å². The number of aromatic nitrogens is 2. The average molecular weight is 303 g/mol. The molecule has 0 amide bonds.